The zero-order valence-electron chi connectivity index (χ0n) is 9.93. The molecule has 0 saturated heterocycles. The largest absolute Gasteiger partial charge is 0.497 e. The van der Waals surface area contributed by atoms with Crippen molar-refractivity contribution in [2.45, 2.75) is 0 Å². The first-order valence-corrected chi connectivity index (χ1v) is 5.93. The first-order valence-electron chi connectivity index (χ1n) is 5.12. The molecule has 0 aliphatic carbocycles. The molecule has 5 nitrogen and oxygen atoms in total. The summed E-state index contributed by atoms with van der Waals surface area (Å²) in [5.74, 6) is 1.37. The van der Waals surface area contributed by atoms with Gasteiger partial charge in [-0.25, -0.2) is 4.98 Å². The van der Waals surface area contributed by atoms with Gasteiger partial charge in [0.1, 0.15) is 22.4 Å². The number of methoxy groups -OCH3 is 2. The number of nitriles is 1. The Kier molecular flexibility index (Phi) is 3.65. The second-order valence-electron chi connectivity index (χ2n) is 3.33. The van der Waals surface area contributed by atoms with Gasteiger partial charge in [-0.3, -0.25) is 0 Å². The molecule has 0 aliphatic heterocycles. The molecule has 1 N–H and O–H groups in total. The molecule has 0 fully saturated rings. The lowest BCUT2D eigenvalue weighted by Crippen LogP contribution is -1.94. The van der Waals surface area contributed by atoms with E-state index in [4.69, 9.17) is 14.7 Å². The average molecular weight is 261 g/mol. The predicted octanol–water partition coefficient (Wildman–Crippen LogP) is 2.78. The molecule has 0 bridgehead atoms. The zero-order chi connectivity index (χ0) is 13.0. The molecular formula is C12H11N3O2S. The maximum atomic E-state index is 8.74. The normalized spacial score (nSPS) is 9.61. The summed E-state index contributed by atoms with van der Waals surface area (Å²) in [7, 11) is 3.18. The van der Waals surface area contributed by atoms with Gasteiger partial charge in [-0.1, -0.05) is 11.3 Å². The lowest BCUT2D eigenvalue weighted by atomic mass is 10.3. The van der Waals surface area contributed by atoms with Crippen LogP contribution in [0.1, 0.15) is 4.88 Å². The van der Waals surface area contributed by atoms with Crippen molar-refractivity contribution in [3.8, 4) is 17.6 Å². The van der Waals surface area contributed by atoms with Crippen molar-refractivity contribution in [3.63, 3.8) is 0 Å². The fraction of sp³-hybridized carbons (Fsp3) is 0.167. The summed E-state index contributed by atoms with van der Waals surface area (Å²) in [6, 6.07) is 7.49. The summed E-state index contributed by atoms with van der Waals surface area (Å²) in [4.78, 5) is 4.66. The Labute approximate surface area is 109 Å². The van der Waals surface area contributed by atoms with Gasteiger partial charge in [-0.05, 0) is 12.1 Å². The second kappa shape index (κ2) is 5.38. The number of benzene rings is 1. The van der Waals surface area contributed by atoms with Crippen LogP contribution in [0.3, 0.4) is 0 Å². The van der Waals surface area contributed by atoms with Crippen LogP contribution < -0.4 is 14.8 Å². The van der Waals surface area contributed by atoms with E-state index in [0.29, 0.717) is 21.5 Å². The lowest BCUT2D eigenvalue weighted by Gasteiger charge is -2.10. The molecule has 0 unspecified atom stereocenters. The summed E-state index contributed by atoms with van der Waals surface area (Å²) in [5.41, 5.74) is 0.775. The molecule has 1 aromatic carbocycles. The van der Waals surface area contributed by atoms with Crippen LogP contribution in [0.2, 0.25) is 0 Å². The van der Waals surface area contributed by atoms with Crippen LogP contribution in [-0.2, 0) is 0 Å². The minimum atomic E-state index is 0.560. The van der Waals surface area contributed by atoms with E-state index in [1.165, 1.54) is 17.5 Å². The molecule has 0 radical (unpaired) electrons. The molecule has 0 atom stereocenters. The van der Waals surface area contributed by atoms with Gasteiger partial charge in [-0.15, -0.1) is 0 Å². The van der Waals surface area contributed by atoms with E-state index in [0.717, 1.165) is 5.69 Å². The van der Waals surface area contributed by atoms with Crippen LogP contribution in [-0.4, -0.2) is 19.2 Å². The number of ether oxygens (including phenoxy) is 2. The summed E-state index contributed by atoms with van der Waals surface area (Å²) in [5, 5.41) is 12.5. The van der Waals surface area contributed by atoms with Crippen molar-refractivity contribution < 1.29 is 9.47 Å². The fourth-order valence-corrected chi connectivity index (χ4v) is 2.03. The highest BCUT2D eigenvalue weighted by Gasteiger charge is 2.07. The van der Waals surface area contributed by atoms with Crippen LogP contribution in [0.15, 0.2) is 24.4 Å². The summed E-state index contributed by atoms with van der Waals surface area (Å²) < 4.78 is 10.4. The molecule has 0 aliphatic rings. The molecule has 0 spiro atoms. The van der Waals surface area contributed by atoms with E-state index in [1.54, 1.807) is 20.3 Å². The lowest BCUT2D eigenvalue weighted by molar-refractivity contribution is 0.395. The van der Waals surface area contributed by atoms with Gasteiger partial charge >= 0.3 is 0 Å². The minimum Gasteiger partial charge on any atom is -0.497 e. The highest BCUT2D eigenvalue weighted by molar-refractivity contribution is 7.16. The Hall–Kier alpha value is -2.26. The number of anilines is 2. The van der Waals surface area contributed by atoms with E-state index < -0.39 is 0 Å². The van der Waals surface area contributed by atoms with E-state index in [2.05, 4.69) is 10.3 Å². The number of rotatable bonds is 4. The molecule has 6 heteroatoms. The Morgan fingerprint density at radius 3 is 2.78 bits per heavy atom. The Bertz CT molecular complexity index is 589. The average Bonchev–Trinajstić information content (AvgIpc) is 2.87. The number of hydrogen-bond acceptors (Lipinski definition) is 6. The van der Waals surface area contributed by atoms with E-state index in [-0.39, 0.29) is 0 Å². The Morgan fingerprint density at radius 1 is 1.33 bits per heavy atom. The maximum absolute atomic E-state index is 8.74. The van der Waals surface area contributed by atoms with Gasteiger partial charge in [0.2, 0.25) is 0 Å². The zero-order valence-corrected chi connectivity index (χ0v) is 10.7. The van der Waals surface area contributed by atoms with Crippen molar-refractivity contribution in [2.75, 3.05) is 19.5 Å². The van der Waals surface area contributed by atoms with Crippen LogP contribution in [0, 0.1) is 11.3 Å². The van der Waals surface area contributed by atoms with Crippen LogP contribution in [0.4, 0.5) is 10.8 Å². The van der Waals surface area contributed by atoms with Crippen molar-refractivity contribution in [1.29, 1.82) is 5.26 Å². The van der Waals surface area contributed by atoms with Gasteiger partial charge in [0.15, 0.2) is 5.13 Å². The first-order chi connectivity index (χ1) is 8.76. The molecule has 2 aromatic rings. The van der Waals surface area contributed by atoms with Gasteiger partial charge < -0.3 is 14.8 Å². The smallest absolute Gasteiger partial charge is 0.188 e. The highest BCUT2D eigenvalue weighted by atomic mass is 32.1. The van der Waals surface area contributed by atoms with E-state index >= 15 is 0 Å². The highest BCUT2D eigenvalue weighted by Crippen LogP contribution is 2.32. The number of nitrogens with one attached hydrogen (secondary N) is 1. The third kappa shape index (κ3) is 2.52. The number of aromatic nitrogens is 1. The Morgan fingerprint density at radius 2 is 2.17 bits per heavy atom. The van der Waals surface area contributed by atoms with Crippen molar-refractivity contribution >= 4 is 22.2 Å². The summed E-state index contributed by atoms with van der Waals surface area (Å²) in [6.45, 7) is 0. The standard InChI is InChI=1S/C12H11N3O2S/c1-16-8-3-4-10(11(5-8)17-2)15-12-14-7-9(6-13)18-12/h3-5,7H,1-2H3,(H,14,15). The molecular weight excluding hydrogens is 250 g/mol. The number of nitrogens with zero attached hydrogens (tertiary/aromatic N) is 2. The van der Waals surface area contributed by atoms with Crippen LogP contribution >= 0.6 is 11.3 Å². The molecule has 0 saturated carbocycles. The molecule has 1 heterocycles. The van der Waals surface area contributed by atoms with E-state index in [1.807, 2.05) is 18.2 Å². The summed E-state index contributed by atoms with van der Waals surface area (Å²) in [6.07, 6.45) is 1.53. The van der Waals surface area contributed by atoms with Crippen LogP contribution in [0.25, 0.3) is 0 Å². The molecule has 2 rings (SSSR count). The first kappa shape index (κ1) is 12.2. The fourth-order valence-electron chi connectivity index (χ4n) is 1.40. The number of hydrogen-bond donors (Lipinski definition) is 1. The molecule has 0 amide bonds. The van der Waals surface area contributed by atoms with Crippen molar-refractivity contribution in [3.05, 3.63) is 29.3 Å². The number of thiazole rings is 1. The van der Waals surface area contributed by atoms with Crippen molar-refractivity contribution in [2.24, 2.45) is 0 Å². The second-order valence-corrected chi connectivity index (χ2v) is 4.36. The van der Waals surface area contributed by atoms with Gasteiger partial charge in [0.05, 0.1) is 26.1 Å². The Balaban J connectivity index is 2.25. The van der Waals surface area contributed by atoms with Crippen molar-refractivity contribution in [1.82, 2.24) is 4.98 Å². The monoisotopic (exact) mass is 261 g/mol. The van der Waals surface area contributed by atoms with Gasteiger partial charge in [0.25, 0.3) is 0 Å². The SMILES string of the molecule is COc1ccc(Nc2ncc(C#N)s2)c(OC)c1. The van der Waals surface area contributed by atoms with E-state index in [9.17, 15) is 0 Å². The maximum Gasteiger partial charge on any atom is 0.188 e. The summed E-state index contributed by atoms with van der Waals surface area (Å²) >= 11 is 1.29. The minimum absolute atomic E-state index is 0.560. The van der Waals surface area contributed by atoms with Gasteiger partial charge in [0, 0.05) is 6.07 Å². The quantitative estimate of drug-likeness (QED) is 0.916. The molecule has 92 valence electrons. The third-order valence-corrected chi connectivity index (χ3v) is 3.08. The molecule has 1 aromatic heterocycles. The third-order valence-electron chi connectivity index (χ3n) is 2.27. The van der Waals surface area contributed by atoms with Crippen LogP contribution in [0.5, 0.6) is 11.5 Å². The topological polar surface area (TPSA) is 67.2 Å². The predicted molar refractivity (Wildman–Crippen MR) is 69.7 cm³/mol. The van der Waals surface area contributed by atoms with Gasteiger partial charge in [-0.2, -0.15) is 5.26 Å². The molecule has 18 heavy (non-hydrogen) atoms.